The van der Waals surface area contributed by atoms with Crippen LogP contribution in [0.1, 0.15) is 17.0 Å². The summed E-state index contributed by atoms with van der Waals surface area (Å²) < 4.78 is 0.985. The van der Waals surface area contributed by atoms with Crippen molar-refractivity contribution in [2.75, 3.05) is 5.33 Å². The monoisotopic (exact) mass is 414 g/mol. The van der Waals surface area contributed by atoms with Gasteiger partial charge in [-0.2, -0.15) is 0 Å². The molecule has 0 fully saturated rings. The van der Waals surface area contributed by atoms with Crippen molar-refractivity contribution in [3.05, 3.63) is 69.2 Å². The molecule has 1 nitrogen and oxygen atoms in total. The first kappa shape index (κ1) is 15.7. The fourth-order valence-corrected chi connectivity index (χ4v) is 3.02. The van der Waals surface area contributed by atoms with Crippen LogP contribution in [0.25, 0.3) is 0 Å². The smallest absolute Gasteiger partial charge is 0.151 e. The molecule has 0 aliphatic heterocycles. The van der Waals surface area contributed by atoms with Crippen molar-refractivity contribution in [2.45, 2.75) is 12.3 Å². The maximum atomic E-state index is 12.2. The molecule has 0 aliphatic carbocycles. The standard InChI is InChI=1S/C16H13Br2ClO/c17-10-16(20)15(12-2-1-3-13(18)9-12)8-11-4-6-14(19)7-5-11/h1-7,9,15H,8,10H2/t15-/m0/s1. The van der Waals surface area contributed by atoms with Crippen molar-refractivity contribution in [2.24, 2.45) is 0 Å². The summed E-state index contributed by atoms with van der Waals surface area (Å²) in [6.45, 7) is 0. The number of alkyl halides is 1. The first-order chi connectivity index (χ1) is 9.60. The molecule has 2 aromatic carbocycles. The Morgan fingerprint density at radius 3 is 2.45 bits per heavy atom. The van der Waals surface area contributed by atoms with Gasteiger partial charge in [-0.05, 0) is 41.8 Å². The summed E-state index contributed by atoms with van der Waals surface area (Å²) in [4.78, 5) is 12.2. The number of hydrogen-bond acceptors (Lipinski definition) is 1. The molecule has 0 N–H and O–H groups in total. The summed E-state index contributed by atoms with van der Waals surface area (Å²) >= 11 is 12.6. The van der Waals surface area contributed by atoms with Crippen molar-refractivity contribution >= 4 is 49.2 Å². The van der Waals surface area contributed by atoms with Crippen LogP contribution in [-0.2, 0) is 11.2 Å². The topological polar surface area (TPSA) is 17.1 Å². The molecule has 0 aromatic heterocycles. The lowest BCUT2D eigenvalue weighted by Crippen LogP contribution is -2.16. The Bertz CT molecular complexity index is 596. The molecule has 104 valence electrons. The molecule has 20 heavy (non-hydrogen) atoms. The minimum atomic E-state index is -0.145. The number of ketones is 1. The quantitative estimate of drug-likeness (QED) is 0.597. The predicted molar refractivity (Wildman–Crippen MR) is 90.8 cm³/mol. The number of Topliss-reactive ketones (excluding diaryl/α,β-unsaturated/α-hetero) is 1. The van der Waals surface area contributed by atoms with E-state index in [0.29, 0.717) is 16.8 Å². The third-order valence-electron chi connectivity index (χ3n) is 3.12. The molecular weight excluding hydrogens is 403 g/mol. The Morgan fingerprint density at radius 1 is 1.15 bits per heavy atom. The summed E-state index contributed by atoms with van der Waals surface area (Å²) in [5.41, 5.74) is 2.13. The largest absolute Gasteiger partial charge is 0.298 e. The normalized spacial score (nSPS) is 12.2. The first-order valence-electron chi connectivity index (χ1n) is 6.18. The SMILES string of the molecule is O=C(CBr)[C@@H](Cc1ccc(Cl)cc1)c1cccc(Br)c1. The molecule has 4 heteroatoms. The van der Waals surface area contributed by atoms with Crippen LogP contribution in [0.15, 0.2) is 53.0 Å². The van der Waals surface area contributed by atoms with E-state index in [-0.39, 0.29) is 11.7 Å². The first-order valence-corrected chi connectivity index (χ1v) is 8.48. The minimum absolute atomic E-state index is 0.145. The number of carbonyl (C=O) groups excluding carboxylic acids is 1. The van der Waals surface area contributed by atoms with Gasteiger partial charge in [-0.25, -0.2) is 0 Å². The van der Waals surface area contributed by atoms with E-state index < -0.39 is 0 Å². The summed E-state index contributed by atoms with van der Waals surface area (Å²) in [6, 6.07) is 15.6. The van der Waals surface area contributed by atoms with E-state index in [0.717, 1.165) is 15.6 Å². The van der Waals surface area contributed by atoms with E-state index in [1.54, 1.807) is 0 Å². The average molecular weight is 417 g/mol. The van der Waals surface area contributed by atoms with Gasteiger partial charge in [0.05, 0.1) is 5.33 Å². The van der Waals surface area contributed by atoms with Crippen LogP contribution in [0.2, 0.25) is 5.02 Å². The second-order valence-electron chi connectivity index (χ2n) is 4.54. The van der Waals surface area contributed by atoms with Crippen LogP contribution in [-0.4, -0.2) is 11.1 Å². The summed E-state index contributed by atoms with van der Waals surface area (Å²) in [6.07, 6.45) is 0.679. The van der Waals surface area contributed by atoms with Crippen LogP contribution in [0.5, 0.6) is 0 Å². The molecule has 2 rings (SSSR count). The van der Waals surface area contributed by atoms with Crippen LogP contribution in [0.3, 0.4) is 0 Å². The van der Waals surface area contributed by atoms with Gasteiger partial charge in [0.25, 0.3) is 0 Å². The molecule has 1 atom stereocenters. The molecule has 2 aromatic rings. The van der Waals surface area contributed by atoms with Gasteiger partial charge in [0.15, 0.2) is 5.78 Å². The molecule has 0 bridgehead atoms. The minimum Gasteiger partial charge on any atom is -0.298 e. The van der Waals surface area contributed by atoms with Gasteiger partial charge >= 0.3 is 0 Å². The van der Waals surface area contributed by atoms with E-state index in [1.807, 2.05) is 48.5 Å². The Morgan fingerprint density at radius 2 is 1.85 bits per heavy atom. The Balaban J connectivity index is 2.28. The van der Waals surface area contributed by atoms with Crippen LogP contribution in [0.4, 0.5) is 0 Å². The fourth-order valence-electron chi connectivity index (χ4n) is 2.09. The van der Waals surface area contributed by atoms with E-state index in [2.05, 4.69) is 31.9 Å². The molecule has 0 heterocycles. The van der Waals surface area contributed by atoms with Crippen molar-refractivity contribution in [3.63, 3.8) is 0 Å². The Labute approximate surface area is 140 Å². The van der Waals surface area contributed by atoms with E-state index in [9.17, 15) is 4.79 Å². The summed E-state index contributed by atoms with van der Waals surface area (Å²) in [5.74, 6) is 0.0334. The highest BCUT2D eigenvalue weighted by Gasteiger charge is 2.20. The van der Waals surface area contributed by atoms with Gasteiger partial charge in [0, 0.05) is 15.4 Å². The molecule has 0 aliphatic rings. The number of hydrogen-bond donors (Lipinski definition) is 0. The van der Waals surface area contributed by atoms with Crippen molar-refractivity contribution in [1.82, 2.24) is 0 Å². The van der Waals surface area contributed by atoms with Crippen molar-refractivity contribution in [3.8, 4) is 0 Å². The molecule has 0 spiro atoms. The second-order valence-corrected chi connectivity index (χ2v) is 6.45. The molecule has 0 unspecified atom stereocenters. The summed E-state index contributed by atoms with van der Waals surface area (Å²) in [7, 11) is 0. The maximum absolute atomic E-state index is 12.2. The van der Waals surface area contributed by atoms with E-state index in [1.165, 1.54) is 0 Å². The van der Waals surface area contributed by atoms with Gasteiger partial charge < -0.3 is 0 Å². The van der Waals surface area contributed by atoms with Crippen LogP contribution in [0, 0.1) is 0 Å². The lowest BCUT2D eigenvalue weighted by atomic mass is 9.89. The zero-order valence-electron chi connectivity index (χ0n) is 10.7. The number of carbonyl (C=O) groups is 1. The van der Waals surface area contributed by atoms with E-state index in [4.69, 9.17) is 11.6 Å². The highest BCUT2D eigenvalue weighted by atomic mass is 79.9. The van der Waals surface area contributed by atoms with Crippen LogP contribution >= 0.6 is 43.5 Å². The third-order valence-corrected chi connectivity index (χ3v) is 4.42. The number of halogens is 3. The highest BCUT2D eigenvalue weighted by molar-refractivity contribution is 9.10. The lowest BCUT2D eigenvalue weighted by Gasteiger charge is -2.16. The molecule has 0 saturated carbocycles. The zero-order valence-corrected chi connectivity index (χ0v) is 14.6. The second kappa shape index (κ2) is 7.39. The van der Waals surface area contributed by atoms with Crippen LogP contribution < -0.4 is 0 Å². The van der Waals surface area contributed by atoms with Gasteiger partial charge in [0.2, 0.25) is 0 Å². The molecular formula is C16H13Br2ClO. The highest BCUT2D eigenvalue weighted by Crippen LogP contribution is 2.26. The molecule has 0 amide bonds. The fraction of sp³-hybridized carbons (Fsp3) is 0.188. The third kappa shape index (κ3) is 4.18. The van der Waals surface area contributed by atoms with Crippen molar-refractivity contribution < 1.29 is 4.79 Å². The number of rotatable bonds is 5. The molecule has 0 saturated heterocycles. The maximum Gasteiger partial charge on any atom is 0.151 e. The van der Waals surface area contributed by atoms with E-state index >= 15 is 0 Å². The average Bonchev–Trinajstić information content (AvgIpc) is 2.46. The van der Waals surface area contributed by atoms with Crippen molar-refractivity contribution in [1.29, 1.82) is 0 Å². The number of benzene rings is 2. The van der Waals surface area contributed by atoms with Gasteiger partial charge in [-0.3, -0.25) is 4.79 Å². The zero-order chi connectivity index (χ0) is 14.5. The Hall–Kier alpha value is -0.640. The van der Waals surface area contributed by atoms with Gasteiger partial charge in [0.1, 0.15) is 0 Å². The Kier molecular flexibility index (Phi) is 5.82. The lowest BCUT2D eigenvalue weighted by molar-refractivity contribution is -0.117. The summed E-state index contributed by atoms with van der Waals surface area (Å²) in [5, 5.41) is 1.07. The molecule has 0 radical (unpaired) electrons. The van der Waals surface area contributed by atoms with Gasteiger partial charge in [-0.1, -0.05) is 67.7 Å². The predicted octanol–water partition coefficient (Wildman–Crippen LogP) is 5.39. The van der Waals surface area contributed by atoms with Gasteiger partial charge in [-0.15, -0.1) is 0 Å².